The van der Waals surface area contributed by atoms with Crippen LogP contribution in [0.4, 0.5) is 0 Å². The zero-order valence-corrected chi connectivity index (χ0v) is 8.47. The van der Waals surface area contributed by atoms with Crippen molar-refractivity contribution in [3.63, 3.8) is 0 Å². The summed E-state index contributed by atoms with van der Waals surface area (Å²) in [4.78, 5) is 0. The van der Waals surface area contributed by atoms with Crippen LogP contribution >= 0.6 is 0 Å². The van der Waals surface area contributed by atoms with E-state index in [2.05, 4.69) is 6.08 Å². The molecule has 0 radical (unpaired) electrons. The lowest BCUT2D eigenvalue weighted by atomic mass is 9.79. The average Bonchev–Trinajstić information content (AvgIpc) is 2.80. The Morgan fingerprint density at radius 2 is 2.08 bits per heavy atom. The topological polar surface area (TPSA) is 0 Å². The monoisotopic (exact) mass is 176 g/mol. The van der Waals surface area contributed by atoms with Gasteiger partial charge in [0.2, 0.25) is 0 Å². The summed E-state index contributed by atoms with van der Waals surface area (Å²) in [6, 6.07) is 0. The van der Waals surface area contributed by atoms with E-state index in [-0.39, 0.29) is 0 Å². The third kappa shape index (κ3) is 1.35. The van der Waals surface area contributed by atoms with Gasteiger partial charge in [-0.2, -0.15) is 0 Å². The van der Waals surface area contributed by atoms with Crippen molar-refractivity contribution in [1.29, 1.82) is 0 Å². The predicted octanol–water partition coefficient (Wildman–Crippen LogP) is 3.92. The summed E-state index contributed by atoms with van der Waals surface area (Å²) >= 11 is 0. The average molecular weight is 176 g/mol. The summed E-state index contributed by atoms with van der Waals surface area (Å²) in [6.45, 7) is 0. The van der Waals surface area contributed by atoms with Gasteiger partial charge in [0, 0.05) is 0 Å². The molecule has 3 atom stereocenters. The summed E-state index contributed by atoms with van der Waals surface area (Å²) in [6.07, 6.45) is 14.5. The number of fused-ring (bicyclic) bond motifs is 2. The minimum absolute atomic E-state index is 1.04. The Balaban J connectivity index is 1.75. The normalized spacial score (nSPS) is 43.7. The first-order valence-corrected chi connectivity index (χ1v) is 6.12. The molecule has 0 heterocycles. The molecule has 0 spiro atoms. The van der Waals surface area contributed by atoms with Crippen LogP contribution in [0.2, 0.25) is 0 Å². The van der Waals surface area contributed by atoms with Gasteiger partial charge in [-0.05, 0) is 62.7 Å². The standard InChI is InChI=1S/C13H20/c1-2-4-11(5-3-1)13-9-10-6-7-12(13)8-10/h4,10,12-13H,1-3,5-9H2. The molecule has 0 saturated heterocycles. The Kier molecular flexibility index (Phi) is 1.96. The van der Waals surface area contributed by atoms with Gasteiger partial charge in [-0.1, -0.05) is 18.1 Å². The number of hydrogen-bond donors (Lipinski definition) is 0. The van der Waals surface area contributed by atoms with Crippen LogP contribution in [0, 0.1) is 17.8 Å². The van der Waals surface area contributed by atoms with Crippen molar-refractivity contribution in [1.82, 2.24) is 0 Å². The minimum Gasteiger partial charge on any atom is -0.0850 e. The van der Waals surface area contributed by atoms with E-state index in [1.807, 2.05) is 5.57 Å². The fraction of sp³-hybridized carbons (Fsp3) is 0.846. The molecule has 0 aromatic heterocycles. The molecule has 72 valence electrons. The van der Waals surface area contributed by atoms with Gasteiger partial charge in [0.25, 0.3) is 0 Å². The van der Waals surface area contributed by atoms with Crippen molar-refractivity contribution in [3.8, 4) is 0 Å². The van der Waals surface area contributed by atoms with E-state index in [1.165, 1.54) is 25.7 Å². The Morgan fingerprint density at radius 1 is 1.08 bits per heavy atom. The van der Waals surface area contributed by atoms with Crippen LogP contribution in [0.5, 0.6) is 0 Å². The van der Waals surface area contributed by atoms with Gasteiger partial charge in [0.15, 0.2) is 0 Å². The Morgan fingerprint density at radius 3 is 2.69 bits per heavy atom. The van der Waals surface area contributed by atoms with Crippen LogP contribution in [0.3, 0.4) is 0 Å². The molecule has 0 amide bonds. The highest BCUT2D eigenvalue weighted by Crippen LogP contribution is 2.52. The van der Waals surface area contributed by atoms with Crippen LogP contribution in [0.15, 0.2) is 11.6 Å². The number of rotatable bonds is 1. The first-order valence-electron chi connectivity index (χ1n) is 6.12. The molecule has 0 aromatic rings. The van der Waals surface area contributed by atoms with Gasteiger partial charge < -0.3 is 0 Å². The summed E-state index contributed by atoms with van der Waals surface area (Å²) in [5.41, 5.74) is 1.86. The SMILES string of the molecule is C1=C(C2CC3CCC2C3)CCCC1. The lowest BCUT2D eigenvalue weighted by Crippen LogP contribution is -2.14. The van der Waals surface area contributed by atoms with Gasteiger partial charge in [0.05, 0.1) is 0 Å². The summed E-state index contributed by atoms with van der Waals surface area (Å²) in [5.74, 6) is 3.27. The highest BCUT2D eigenvalue weighted by Gasteiger charge is 2.40. The molecule has 0 heteroatoms. The van der Waals surface area contributed by atoms with Crippen LogP contribution in [-0.4, -0.2) is 0 Å². The molecule has 2 fully saturated rings. The maximum Gasteiger partial charge on any atom is -0.0172 e. The molecule has 0 aromatic carbocycles. The molecule has 2 saturated carbocycles. The predicted molar refractivity (Wildman–Crippen MR) is 55.5 cm³/mol. The second-order valence-corrected chi connectivity index (χ2v) is 5.31. The zero-order valence-electron chi connectivity index (χ0n) is 8.47. The van der Waals surface area contributed by atoms with E-state index in [4.69, 9.17) is 0 Å². The van der Waals surface area contributed by atoms with Gasteiger partial charge in [-0.15, -0.1) is 0 Å². The molecule has 0 N–H and O–H groups in total. The van der Waals surface area contributed by atoms with Crippen LogP contribution in [0.25, 0.3) is 0 Å². The second kappa shape index (κ2) is 3.15. The van der Waals surface area contributed by atoms with E-state index >= 15 is 0 Å². The highest BCUT2D eigenvalue weighted by atomic mass is 14.5. The quantitative estimate of drug-likeness (QED) is 0.531. The Hall–Kier alpha value is -0.260. The molecule has 3 rings (SSSR count). The van der Waals surface area contributed by atoms with Crippen molar-refractivity contribution in [2.45, 2.75) is 51.4 Å². The largest absolute Gasteiger partial charge is 0.0850 e. The maximum atomic E-state index is 2.58. The first kappa shape index (κ1) is 8.08. The van der Waals surface area contributed by atoms with Gasteiger partial charge in [-0.3, -0.25) is 0 Å². The zero-order chi connectivity index (χ0) is 8.67. The van der Waals surface area contributed by atoms with Crippen LogP contribution in [0.1, 0.15) is 51.4 Å². The van der Waals surface area contributed by atoms with Crippen molar-refractivity contribution < 1.29 is 0 Å². The van der Waals surface area contributed by atoms with E-state index in [0.717, 1.165) is 17.8 Å². The molecule has 3 aliphatic rings. The van der Waals surface area contributed by atoms with E-state index in [9.17, 15) is 0 Å². The molecule has 0 nitrogen and oxygen atoms in total. The van der Waals surface area contributed by atoms with Gasteiger partial charge >= 0.3 is 0 Å². The van der Waals surface area contributed by atoms with Crippen LogP contribution in [-0.2, 0) is 0 Å². The van der Waals surface area contributed by atoms with E-state index in [0.29, 0.717) is 0 Å². The second-order valence-electron chi connectivity index (χ2n) is 5.31. The van der Waals surface area contributed by atoms with Crippen LogP contribution < -0.4 is 0 Å². The van der Waals surface area contributed by atoms with Gasteiger partial charge in [-0.25, -0.2) is 0 Å². The molecule has 3 aliphatic carbocycles. The summed E-state index contributed by atoms with van der Waals surface area (Å²) < 4.78 is 0. The smallest absolute Gasteiger partial charge is 0.0172 e. The molecular weight excluding hydrogens is 156 g/mol. The van der Waals surface area contributed by atoms with Crippen molar-refractivity contribution in [2.75, 3.05) is 0 Å². The molecular formula is C13H20. The lowest BCUT2D eigenvalue weighted by molar-refractivity contribution is 0.363. The molecule has 3 unspecified atom stereocenters. The third-order valence-corrected chi connectivity index (χ3v) is 4.54. The third-order valence-electron chi connectivity index (χ3n) is 4.54. The van der Waals surface area contributed by atoms with Crippen molar-refractivity contribution in [2.24, 2.45) is 17.8 Å². The fourth-order valence-electron chi connectivity index (χ4n) is 3.90. The molecule has 13 heavy (non-hydrogen) atoms. The van der Waals surface area contributed by atoms with Gasteiger partial charge in [0.1, 0.15) is 0 Å². The highest BCUT2D eigenvalue weighted by molar-refractivity contribution is 5.14. The van der Waals surface area contributed by atoms with Crippen molar-refractivity contribution in [3.05, 3.63) is 11.6 Å². The molecule has 0 aliphatic heterocycles. The minimum atomic E-state index is 1.04. The van der Waals surface area contributed by atoms with E-state index in [1.54, 1.807) is 25.7 Å². The maximum absolute atomic E-state index is 2.58. The molecule has 2 bridgehead atoms. The first-order chi connectivity index (χ1) is 6.43. The fourth-order valence-corrected chi connectivity index (χ4v) is 3.90. The number of allylic oxidation sites excluding steroid dienone is 2. The Bertz CT molecular complexity index is 226. The van der Waals surface area contributed by atoms with E-state index < -0.39 is 0 Å². The lowest BCUT2D eigenvalue weighted by Gasteiger charge is -2.26. The summed E-state index contributed by atoms with van der Waals surface area (Å²) in [7, 11) is 0. The summed E-state index contributed by atoms with van der Waals surface area (Å²) in [5, 5.41) is 0. The Labute approximate surface area is 81.4 Å². The number of hydrogen-bond acceptors (Lipinski definition) is 0. The van der Waals surface area contributed by atoms with Crippen molar-refractivity contribution >= 4 is 0 Å².